The first-order valence-corrected chi connectivity index (χ1v) is 6.12. The van der Waals surface area contributed by atoms with Crippen molar-refractivity contribution in [1.29, 1.82) is 0 Å². The van der Waals surface area contributed by atoms with Gasteiger partial charge in [-0.25, -0.2) is 8.42 Å². The Morgan fingerprint density at radius 3 is 2.00 bits per heavy atom. The fraction of sp³-hybridized carbons (Fsp3) is 1.00. The van der Waals surface area contributed by atoms with Crippen LogP contribution in [-0.2, 0) is 9.05 Å². The van der Waals surface area contributed by atoms with Gasteiger partial charge < -0.3 is 4.90 Å². The van der Waals surface area contributed by atoms with E-state index in [0.717, 1.165) is 13.1 Å². The van der Waals surface area contributed by atoms with E-state index in [1.54, 1.807) is 0 Å². The Labute approximate surface area is 72.8 Å². The minimum Gasteiger partial charge on any atom is -0.303 e. The highest BCUT2D eigenvalue weighted by atomic mass is 35.7. The van der Waals surface area contributed by atoms with Crippen molar-refractivity contribution in [3.8, 4) is 0 Å². The molecule has 0 aliphatic rings. The third kappa shape index (κ3) is 6.59. The Hall–Kier alpha value is 0.200. The largest absolute Gasteiger partial charge is 0.303 e. The average Bonchev–Trinajstić information content (AvgIpc) is 1.88. The van der Waals surface area contributed by atoms with Crippen LogP contribution < -0.4 is 0 Å². The van der Waals surface area contributed by atoms with Gasteiger partial charge in [0.2, 0.25) is 9.05 Å². The molecule has 68 valence electrons. The van der Waals surface area contributed by atoms with Crippen LogP contribution in [0.5, 0.6) is 0 Å². The zero-order valence-corrected chi connectivity index (χ0v) is 8.45. The lowest BCUT2D eigenvalue weighted by Crippen LogP contribution is -2.27. The minimum atomic E-state index is -3.31. The molecule has 0 radical (unpaired) electrons. The number of halogens is 1. The van der Waals surface area contributed by atoms with Crippen molar-refractivity contribution in [2.75, 3.05) is 25.4 Å². The molecular weight excluding hydrogens is 186 g/mol. The molecule has 11 heavy (non-hydrogen) atoms. The Morgan fingerprint density at radius 1 is 1.27 bits per heavy atom. The van der Waals surface area contributed by atoms with E-state index < -0.39 is 9.05 Å². The molecule has 0 atom stereocenters. The van der Waals surface area contributed by atoms with Crippen LogP contribution in [0.15, 0.2) is 0 Å². The summed E-state index contributed by atoms with van der Waals surface area (Å²) in [4.78, 5) is 2.01. The smallest absolute Gasteiger partial charge is 0.233 e. The van der Waals surface area contributed by atoms with Gasteiger partial charge in [-0.15, -0.1) is 0 Å². The Kier molecular flexibility index (Phi) is 5.04. The van der Waals surface area contributed by atoms with E-state index in [4.69, 9.17) is 10.7 Å². The molecule has 0 bridgehead atoms. The lowest BCUT2D eigenvalue weighted by atomic mass is 10.5. The van der Waals surface area contributed by atoms with Crippen LogP contribution in [0.3, 0.4) is 0 Å². The molecule has 0 aromatic heterocycles. The van der Waals surface area contributed by atoms with E-state index in [2.05, 4.69) is 0 Å². The van der Waals surface area contributed by atoms with Crippen LogP contribution in [0, 0.1) is 0 Å². The van der Waals surface area contributed by atoms with Crippen LogP contribution in [0.1, 0.15) is 13.8 Å². The molecule has 0 heterocycles. The van der Waals surface area contributed by atoms with Crippen LogP contribution >= 0.6 is 10.7 Å². The molecule has 0 amide bonds. The fourth-order valence-corrected chi connectivity index (χ4v) is 1.46. The van der Waals surface area contributed by atoms with Crippen molar-refractivity contribution in [1.82, 2.24) is 4.90 Å². The number of nitrogens with zero attached hydrogens (tertiary/aromatic N) is 1. The first kappa shape index (κ1) is 11.2. The maximum Gasteiger partial charge on any atom is 0.233 e. The maximum atomic E-state index is 10.5. The van der Waals surface area contributed by atoms with Gasteiger partial charge >= 0.3 is 0 Å². The molecule has 0 rings (SSSR count). The van der Waals surface area contributed by atoms with E-state index in [1.807, 2.05) is 18.7 Å². The monoisotopic (exact) mass is 199 g/mol. The molecule has 0 unspecified atom stereocenters. The predicted molar refractivity (Wildman–Crippen MR) is 47.4 cm³/mol. The van der Waals surface area contributed by atoms with Gasteiger partial charge in [0.1, 0.15) is 0 Å². The third-order valence-electron chi connectivity index (χ3n) is 1.55. The summed E-state index contributed by atoms with van der Waals surface area (Å²) in [5, 5.41) is 0. The standard InChI is InChI=1S/C6H14ClNO2S/c1-3-8(4-2)5-6-11(7,9)10/h3-6H2,1-2H3. The molecule has 0 aromatic rings. The van der Waals surface area contributed by atoms with Gasteiger partial charge in [0, 0.05) is 17.2 Å². The second-order valence-corrected chi connectivity index (χ2v) is 5.17. The molecule has 0 saturated carbocycles. The van der Waals surface area contributed by atoms with Crippen molar-refractivity contribution in [2.24, 2.45) is 0 Å². The number of hydrogen-bond donors (Lipinski definition) is 0. The third-order valence-corrected chi connectivity index (χ3v) is 2.68. The van der Waals surface area contributed by atoms with Crippen molar-refractivity contribution < 1.29 is 8.42 Å². The summed E-state index contributed by atoms with van der Waals surface area (Å²) in [5.74, 6) is 0.0379. The topological polar surface area (TPSA) is 37.4 Å². The average molecular weight is 200 g/mol. The SMILES string of the molecule is CCN(CC)CCS(=O)(=O)Cl. The second kappa shape index (κ2) is 4.95. The van der Waals surface area contributed by atoms with E-state index >= 15 is 0 Å². The summed E-state index contributed by atoms with van der Waals surface area (Å²) in [7, 11) is 1.73. The van der Waals surface area contributed by atoms with Gasteiger partial charge in [-0.2, -0.15) is 0 Å². The van der Waals surface area contributed by atoms with Crippen molar-refractivity contribution in [2.45, 2.75) is 13.8 Å². The Morgan fingerprint density at radius 2 is 1.73 bits per heavy atom. The Bertz CT molecular complexity index is 187. The summed E-state index contributed by atoms with van der Waals surface area (Å²) in [5.41, 5.74) is 0. The summed E-state index contributed by atoms with van der Waals surface area (Å²) in [6, 6.07) is 0. The van der Waals surface area contributed by atoms with Gasteiger partial charge in [-0.05, 0) is 13.1 Å². The van der Waals surface area contributed by atoms with Crippen molar-refractivity contribution in [3.05, 3.63) is 0 Å². The maximum absolute atomic E-state index is 10.5. The molecule has 0 aliphatic heterocycles. The minimum absolute atomic E-state index is 0.0379. The zero-order chi connectivity index (χ0) is 8.91. The molecular formula is C6H14ClNO2S. The van der Waals surface area contributed by atoms with Gasteiger partial charge in [-0.1, -0.05) is 13.8 Å². The first-order chi connectivity index (χ1) is 4.99. The summed E-state index contributed by atoms with van der Waals surface area (Å²) in [6.45, 7) is 6.24. The van der Waals surface area contributed by atoms with Crippen LogP contribution in [0.2, 0.25) is 0 Å². The van der Waals surface area contributed by atoms with Crippen molar-refractivity contribution >= 4 is 19.7 Å². The molecule has 0 fully saturated rings. The molecule has 0 aromatic carbocycles. The van der Waals surface area contributed by atoms with E-state index in [-0.39, 0.29) is 5.75 Å². The molecule has 0 N–H and O–H groups in total. The molecule has 5 heteroatoms. The number of rotatable bonds is 5. The summed E-state index contributed by atoms with van der Waals surface area (Å²) < 4.78 is 21.0. The molecule has 0 saturated heterocycles. The van der Waals surface area contributed by atoms with Crippen molar-refractivity contribution in [3.63, 3.8) is 0 Å². The van der Waals surface area contributed by atoms with E-state index in [1.165, 1.54) is 0 Å². The number of hydrogen-bond acceptors (Lipinski definition) is 3. The predicted octanol–water partition coefficient (Wildman–Crippen LogP) is 0.897. The van der Waals surface area contributed by atoms with Gasteiger partial charge in [0.05, 0.1) is 5.75 Å². The van der Waals surface area contributed by atoms with Gasteiger partial charge in [0.25, 0.3) is 0 Å². The quantitative estimate of drug-likeness (QED) is 0.618. The zero-order valence-electron chi connectivity index (χ0n) is 6.88. The van der Waals surface area contributed by atoms with Gasteiger partial charge in [0.15, 0.2) is 0 Å². The van der Waals surface area contributed by atoms with Crippen LogP contribution in [0.25, 0.3) is 0 Å². The Balaban J connectivity index is 3.69. The molecule has 3 nitrogen and oxygen atoms in total. The van der Waals surface area contributed by atoms with E-state index in [0.29, 0.717) is 6.54 Å². The fourth-order valence-electron chi connectivity index (χ4n) is 0.778. The van der Waals surface area contributed by atoms with E-state index in [9.17, 15) is 8.42 Å². The van der Waals surface area contributed by atoms with Crippen LogP contribution in [0.4, 0.5) is 0 Å². The first-order valence-electron chi connectivity index (χ1n) is 3.64. The summed E-state index contributed by atoms with van der Waals surface area (Å²) in [6.07, 6.45) is 0. The molecule has 0 spiro atoms. The van der Waals surface area contributed by atoms with Gasteiger partial charge in [-0.3, -0.25) is 0 Å². The highest BCUT2D eigenvalue weighted by molar-refractivity contribution is 8.13. The summed E-state index contributed by atoms with van der Waals surface area (Å²) >= 11 is 0. The second-order valence-electron chi connectivity index (χ2n) is 2.27. The normalized spacial score (nSPS) is 12.4. The van der Waals surface area contributed by atoms with Crippen LogP contribution in [-0.4, -0.2) is 38.7 Å². The molecule has 0 aliphatic carbocycles. The highest BCUT2D eigenvalue weighted by Crippen LogP contribution is 1.97. The lowest BCUT2D eigenvalue weighted by Gasteiger charge is -2.16. The highest BCUT2D eigenvalue weighted by Gasteiger charge is 2.07. The lowest BCUT2D eigenvalue weighted by molar-refractivity contribution is 0.322.